The summed E-state index contributed by atoms with van der Waals surface area (Å²) in [6.45, 7) is 3.36. The van der Waals surface area contributed by atoms with Crippen LogP contribution < -0.4 is 5.73 Å². The Morgan fingerprint density at radius 2 is 2.25 bits per heavy atom. The van der Waals surface area contributed by atoms with Crippen molar-refractivity contribution in [2.45, 2.75) is 44.2 Å². The summed E-state index contributed by atoms with van der Waals surface area (Å²) >= 11 is 0. The molecule has 0 amide bonds. The highest BCUT2D eigenvalue weighted by Gasteiger charge is 2.62. The van der Waals surface area contributed by atoms with Gasteiger partial charge in [-0.05, 0) is 32.4 Å². The summed E-state index contributed by atoms with van der Waals surface area (Å²) in [5.74, 6) is -0.546. The number of aliphatic hydroxyl groups excluding tert-OH is 1. The van der Waals surface area contributed by atoms with Gasteiger partial charge in [-0.1, -0.05) is 0 Å². The molecule has 0 aromatic carbocycles. The molecule has 1 saturated carbocycles. The van der Waals surface area contributed by atoms with Gasteiger partial charge in [0.05, 0.1) is 18.8 Å². The predicted molar refractivity (Wildman–Crippen MR) is 83.7 cm³/mol. The van der Waals surface area contributed by atoms with Crippen LogP contribution in [0.5, 0.6) is 0 Å². The van der Waals surface area contributed by atoms with Gasteiger partial charge in [-0.15, -0.1) is 0 Å². The minimum Gasteiger partial charge on any atom is -0.395 e. The summed E-state index contributed by atoms with van der Waals surface area (Å²) in [7, 11) is 0. The van der Waals surface area contributed by atoms with E-state index in [1.807, 2.05) is 26.0 Å². The maximum absolute atomic E-state index is 9.90. The summed E-state index contributed by atoms with van der Waals surface area (Å²) in [5, 5.41) is 23.9. The number of rotatable bonds is 2. The summed E-state index contributed by atoms with van der Waals surface area (Å²) in [6.07, 6.45) is 1.01. The summed E-state index contributed by atoms with van der Waals surface area (Å²) in [4.78, 5) is 4.00. The average molecular weight is 329 g/mol. The monoisotopic (exact) mass is 329 g/mol. The third kappa shape index (κ3) is 1.95. The second-order valence-electron chi connectivity index (χ2n) is 6.96. The van der Waals surface area contributed by atoms with E-state index in [4.69, 9.17) is 15.2 Å². The van der Waals surface area contributed by atoms with Gasteiger partial charge in [0.1, 0.15) is 23.4 Å². The molecule has 0 spiro atoms. The zero-order valence-corrected chi connectivity index (χ0v) is 13.5. The van der Waals surface area contributed by atoms with Gasteiger partial charge >= 0.3 is 0 Å². The maximum Gasteiger partial charge on any atom is 0.163 e. The summed E-state index contributed by atoms with van der Waals surface area (Å²) in [5.41, 5.74) is 6.49. The van der Waals surface area contributed by atoms with Gasteiger partial charge < -0.3 is 20.3 Å². The fourth-order valence-corrected chi connectivity index (χ4v) is 3.96. The second kappa shape index (κ2) is 4.89. The molecule has 8 nitrogen and oxygen atoms in total. The Hall–Kier alpha value is -2.21. The average Bonchev–Trinajstić information content (AvgIpc) is 3.18. The molecule has 1 saturated heterocycles. The highest BCUT2D eigenvalue weighted by molar-refractivity contribution is 5.65. The molecule has 0 unspecified atom stereocenters. The van der Waals surface area contributed by atoms with E-state index in [-0.39, 0.29) is 18.6 Å². The minimum atomic E-state index is -0.994. The number of nitrogens with two attached hydrogens (primary N) is 1. The van der Waals surface area contributed by atoms with Crippen molar-refractivity contribution in [1.29, 1.82) is 5.26 Å². The zero-order chi connectivity index (χ0) is 17.1. The molecular weight excluding hydrogens is 310 g/mol. The molecule has 2 aliphatic rings. The van der Waals surface area contributed by atoms with Gasteiger partial charge in [-0.25, -0.2) is 9.50 Å². The molecule has 2 aromatic heterocycles. The van der Waals surface area contributed by atoms with E-state index in [9.17, 15) is 10.4 Å². The molecule has 24 heavy (non-hydrogen) atoms. The van der Waals surface area contributed by atoms with Gasteiger partial charge in [0.15, 0.2) is 11.6 Å². The van der Waals surface area contributed by atoms with Crippen LogP contribution in [0.25, 0.3) is 5.52 Å². The van der Waals surface area contributed by atoms with E-state index in [2.05, 4.69) is 16.2 Å². The summed E-state index contributed by atoms with van der Waals surface area (Å²) < 4.78 is 13.8. The van der Waals surface area contributed by atoms with Crippen molar-refractivity contribution in [2.24, 2.45) is 5.41 Å². The Bertz CT molecular complexity index is 842. The number of nitriles is 1. The van der Waals surface area contributed by atoms with Crippen LogP contribution in [0.2, 0.25) is 0 Å². The van der Waals surface area contributed by atoms with Gasteiger partial charge in [0, 0.05) is 11.6 Å². The van der Waals surface area contributed by atoms with Crippen LogP contribution in [0.15, 0.2) is 18.5 Å². The number of hydrogen-bond acceptors (Lipinski definition) is 7. The van der Waals surface area contributed by atoms with Gasteiger partial charge in [0.2, 0.25) is 0 Å². The number of aromatic nitrogens is 3. The number of ether oxygens (including phenoxy) is 2. The van der Waals surface area contributed by atoms with Crippen molar-refractivity contribution in [3.05, 3.63) is 24.2 Å². The Balaban J connectivity index is 1.83. The number of anilines is 1. The first kappa shape index (κ1) is 15.3. The van der Waals surface area contributed by atoms with Crippen molar-refractivity contribution in [1.82, 2.24) is 14.6 Å². The molecule has 4 rings (SSSR count). The Morgan fingerprint density at radius 1 is 1.46 bits per heavy atom. The fraction of sp³-hybridized carbons (Fsp3) is 0.562. The quantitative estimate of drug-likeness (QED) is 0.837. The van der Waals surface area contributed by atoms with E-state index in [1.54, 1.807) is 4.52 Å². The molecule has 126 valence electrons. The van der Waals surface area contributed by atoms with Crippen LogP contribution in [-0.2, 0) is 9.47 Å². The number of nitrogen functional groups attached to an aromatic ring is 1. The number of nitrogens with zero attached hydrogens (tertiary/aromatic N) is 4. The minimum absolute atomic E-state index is 0.139. The third-order valence-electron chi connectivity index (χ3n) is 5.05. The van der Waals surface area contributed by atoms with Gasteiger partial charge in [0.25, 0.3) is 0 Å². The van der Waals surface area contributed by atoms with Crippen molar-refractivity contribution >= 4 is 11.3 Å². The molecule has 3 N–H and O–H groups in total. The lowest BCUT2D eigenvalue weighted by atomic mass is 9.85. The molecule has 1 aliphatic heterocycles. The van der Waals surface area contributed by atoms with Crippen LogP contribution in [0, 0.1) is 16.7 Å². The third-order valence-corrected chi connectivity index (χ3v) is 5.05. The van der Waals surface area contributed by atoms with E-state index in [1.165, 1.54) is 6.33 Å². The molecular formula is C16H19N5O3. The molecule has 8 heteroatoms. The lowest BCUT2D eigenvalue weighted by Crippen LogP contribution is -2.37. The van der Waals surface area contributed by atoms with Crippen molar-refractivity contribution in [3.8, 4) is 6.07 Å². The zero-order valence-electron chi connectivity index (χ0n) is 13.5. The normalized spacial score (nSPS) is 34.3. The van der Waals surface area contributed by atoms with E-state index < -0.39 is 17.3 Å². The second-order valence-corrected chi connectivity index (χ2v) is 6.96. The van der Waals surface area contributed by atoms with Crippen molar-refractivity contribution in [2.75, 3.05) is 12.3 Å². The maximum atomic E-state index is 9.90. The summed E-state index contributed by atoms with van der Waals surface area (Å²) in [6, 6.07) is 6.04. The molecule has 4 atom stereocenters. The highest BCUT2D eigenvalue weighted by atomic mass is 16.8. The first-order chi connectivity index (χ1) is 11.4. The van der Waals surface area contributed by atoms with E-state index >= 15 is 0 Å². The van der Waals surface area contributed by atoms with Crippen LogP contribution in [0.4, 0.5) is 5.82 Å². The molecule has 2 aromatic rings. The number of aliphatic hydroxyl groups is 1. The van der Waals surface area contributed by atoms with Crippen LogP contribution in [0.3, 0.4) is 0 Å². The number of hydrogen-bond donors (Lipinski definition) is 2. The van der Waals surface area contributed by atoms with E-state index in [0.29, 0.717) is 17.8 Å². The highest BCUT2D eigenvalue weighted by Crippen LogP contribution is 2.54. The predicted octanol–water partition coefficient (Wildman–Crippen LogP) is 0.821. The molecule has 1 aliphatic carbocycles. The lowest BCUT2D eigenvalue weighted by molar-refractivity contribution is -0.165. The SMILES string of the molecule is CC1(C)O[C@H]2[C@H](c3ccc4c(N)ncnn34)C[C@](C#N)(CO)[C@H]2O1. The van der Waals surface area contributed by atoms with Crippen LogP contribution in [0.1, 0.15) is 31.9 Å². The van der Waals surface area contributed by atoms with Gasteiger partial charge in [-0.2, -0.15) is 10.4 Å². The van der Waals surface area contributed by atoms with Gasteiger partial charge in [-0.3, -0.25) is 0 Å². The molecule has 0 bridgehead atoms. The largest absolute Gasteiger partial charge is 0.395 e. The first-order valence-corrected chi connectivity index (χ1v) is 7.87. The smallest absolute Gasteiger partial charge is 0.163 e. The van der Waals surface area contributed by atoms with Crippen LogP contribution in [-0.4, -0.2) is 44.3 Å². The number of fused-ring (bicyclic) bond motifs is 2. The van der Waals surface area contributed by atoms with Crippen LogP contribution >= 0.6 is 0 Å². The Labute approximate surface area is 138 Å². The standard InChI is InChI=1S/C16H19N5O3/c1-15(2)23-12-9(5-16(6-17,7-22)13(12)24-15)10-3-4-11-14(18)19-8-20-21(10)11/h3-4,8-9,12-13,22H,5,7H2,1-2H3,(H2,18,19,20)/t9-,12-,13-,16-/m0/s1. The molecule has 3 heterocycles. The molecule has 2 fully saturated rings. The Kier molecular flexibility index (Phi) is 3.12. The van der Waals surface area contributed by atoms with E-state index in [0.717, 1.165) is 5.69 Å². The Morgan fingerprint density at radius 3 is 2.96 bits per heavy atom. The molecule has 0 radical (unpaired) electrons. The first-order valence-electron chi connectivity index (χ1n) is 7.87. The lowest BCUT2D eigenvalue weighted by Gasteiger charge is -2.27. The van der Waals surface area contributed by atoms with Crippen molar-refractivity contribution in [3.63, 3.8) is 0 Å². The topological polar surface area (TPSA) is 119 Å². The van der Waals surface area contributed by atoms with Crippen molar-refractivity contribution < 1.29 is 14.6 Å². The fourth-order valence-electron chi connectivity index (χ4n) is 3.96.